The molecule has 2 aromatic rings. The summed E-state index contributed by atoms with van der Waals surface area (Å²) in [7, 11) is 1.95. The maximum Gasteiger partial charge on any atom is 0.123 e. The summed E-state index contributed by atoms with van der Waals surface area (Å²) in [5.41, 5.74) is 3.56. The first-order chi connectivity index (χ1) is 10.1. The molecular formula is C17H17BrClNO. The summed E-state index contributed by atoms with van der Waals surface area (Å²) in [6.45, 7) is 2.10. The Morgan fingerprint density at radius 3 is 2.81 bits per heavy atom. The molecule has 2 nitrogen and oxygen atoms in total. The molecule has 21 heavy (non-hydrogen) atoms. The number of nitrogens with one attached hydrogen (secondary N) is 1. The lowest BCUT2D eigenvalue weighted by Gasteiger charge is -2.19. The van der Waals surface area contributed by atoms with E-state index in [0.717, 1.165) is 27.2 Å². The molecule has 2 unspecified atom stereocenters. The zero-order chi connectivity index (χ0) is 15.0. The predicted molar refractivity (Wildman–Crippen MR) is 90.3 cm³/mol. The fourth-order valence-corrected chi connectivity index (χ4v) is 3.64. The minimum absolute atomic E-state index is 0.0757. The molecule has 0 radical (unpaired) electrons. The zero-order valence-electron chi connectivity index (χ0n) is 12.0. The molecule has 1 heterocycles. The number of rotatable bonds is 3. The number of fused-ring (bicyclic) bond motifs is 1. The van der Waals surface area contributed by atoms with Crippen LogP contribution in [0.25, 0.3) is 0 Å². The summed E-state index contributed by atoms with van der Waals surface area (Å²) < 4.78 is 6.76. The van der Waals surface area contributed by atoms with Crippen LogP contribution in [0, 0.1) is 0 Å². The number of hydrogen-bond acceptors (Lipinski definition) is 2. The minimum atomic E-state index is 0.0757. The van der Waals surface area contributed by atoms with Crippen LogP contribution in [0.2, 0.25) is 5.02 Å². The second-order valence-electron chi connectivity index (χ2n) is 5.39. The molecule has 1 aliphatic heterocycles. The van der Waals surface area contributed by atoms with Crippen LogP contribution in [0.5, 0.6) is 5.75 Å². The molecule has 0 saturated carbocycles. The quantitative estimate of drug-likeness (QED) is 0.847. The number of hydrogen-bond donors (Lipinski definition) is 1. The van der Waals surface area contributed by atoms with Crippen molar-refractivity contribution in [2.24, 2.45) is 0 Å². The van der Waals surface area contributed by atoms with Crippen LogP contribution >= 0.6 is 27.5 Å². The molecule has 4 heteroatoms. The number of benzene rings is 2. The van der Waals surface area contributed by atoms with Gasteiger partial charge in [0.05, 0.1) is 6.04 Å². The topological polar surface area (TPSA) is 21.3 Å². The van der Waals surface area contributed by atoms with Crippen molar-refractivity contribution in [3.63, 3.8) is 0 Å². The van der Waals surface area contributed by atoms with E-state index in [9.17, 15) is 0 Å². The zero-order valence-corrected chi connectivity index (χ0v) is 14.3. The van der Waals surface area contributed by atoms with E-state index in [1.165, 1.54) is 11.1 Å². The average Bonchev–Trinajstić information content (AvgIpc) is 2.81. The van der Waals surface area contributed by atoms with Crippen LogP contribution in [-0.2, 0) is 6.42 Å². The summed E-state index contributed by atoms with van der Waals surface area (Å²) in [6, 6.07) is 12.5. The molecule has 0 aromatic heterocycles. The van der Waals surface area contributed by atoms with Gasteiger partial charge >= 0.3 is 0 Å². The molecule has 0 saturated heterocycles. The Balaban J connectivity index is 1.99. The number of halogens is 2. The first-order valence-electron chi connectivity index (χ1n) is 7.00. The molecule has 2 aromatic carbocycles. The SMILES string of the molecule is CNC(c1ccc2c(c1)CC(C)O2)c1ccc(Br)cc1Cl. The average molecular weight is 367 g/mol. The van der Waals surface area contributed by atoms with Crippen molar-refractivity contribution >= 4 is 27.5 Å². The third-order valence-electron chi connectivity index (χ3n) is 3.82. The third-order valence-corrected chi connectivity index (χ3v) is 4.64. The van der Waals surface area contributed by atoms with E-state index < -0.39 is 0 Å². The Bertz CT molecular complexity index is 674. The van der Waals surface area contributed by atoms with Crippen LogP contribution in [0.15, 0.2) is 40.9 Å². The summed E-state index contributed by atoms with van der Waals surface area (Å²) in [5.74, 6) is 1.00. The molecule has 0 fully saturated rings. The Labute approximate surface area is 138 Å². The molecule has 110 valence electrons. The standard InChI is InChI=1S/C17H17BrClNO/c1-10-7-12-8-11(3-6-16(12)21-10)17(20-2)14-5-4-13(18)9-15(14)19/h3-6,8-10,17,20H,7H2,1-2H3. The van der Waals surface area contributed by atoms with E-state index in [4.69, 9.17) is 16.3 Å². The summed E-state index contributed by atoms with van der Waals surface area (Å²) >= 11 is 9.85. The highest BCUT2D eigenvalue weighted by atomic mass is 79.9. The second kappa shape index (κ2) is 5.99. The lowest BCUT2D eigenvalue weighted by molar-refractivity contribution is 0.254. The molecule has 1 N–H and O–H groups in total. The smallest absolute Gasteiger partial charge is 0.123 e. The van der Waals surface area contributed by atoms with E-state index in [2.05, 4.69) is 52.4 Å². The van der Waals surface area contributed by atoms with E-state index in [1.807, 2.05) is 19.2 Å². The van der Waals surface area contributed by atoms with Crippen molar-refractivity contribution in [2.75, 3.05) is 7.05 Å². The molecule has 0 amide bonds. The van der Waals surface area contributed by atoms with E-state index >= 15 is 0 Å². The van der Waals surface area contributed by atoms with Gasteiger partial charge in [0.15, 0.2) is 0 Å². The summed E-state index contributed by atoms with van der Waals surface area (Å²) in [6.07, 6.45) is 1.23. The molecule has 2 atom stereocenters. The van der Waals surface area contributed by atoms with Crippen LogP contribution in [0.3, 0.4) is 0 Å². The highest BCUT2D eigenvalue weighted by Crippen LogP contribution is 2.35. The lowest BCUT2D eigenvalue weighted by Crippen LogP contribution is -2.18. The van der Waals surface area contributed by atoms with Crippen LogP contribution in [-0.4, -0.2) is 13.2 Å². The van der Waals surface area contributed by atoms with Crippen molar-refractivity contribution in [1.29, 1.82) is 0 Å². The van der Waals surface area contributed by atoms with Crippen molar-refractivity contribution in [2.45, 2.75) is 25.5 Å². The van der Waals surface area contributed by atoms with Crippen molar-refractivity contribution < 1.29 is 4.74 Å². The van der Waals surface area contributed by atoms with Crippen molar-refractivity contribution in [3.8, 4) is 5.75 Å². The third kappa shape index (κ3) is 2.96. The second-order valence-corrected chi connectivity index (χ2v) is 6.71. The highest BCUT2D eigenvalue weighted by molar-refractivity contribution is 9.10. The van der Waals surface area contributed by atoms with Gasteiger partial charge in [-0.25, -0.2) is 0 Å². The molecule has 0 bridgehead atoms. The Morgan fingerprint density at radius 2 is 2.10 bits per heavy atom. The maximum absolute atomic E-state index is 6.40. The minimum Gasteiger partial charge on any atom is -0.490 e. The fraction of sp³-hybridized carbons (Fsp3) is 0.294. The predicted octanol–water partition coefficient (Wildman–Crippen LogP) is 4.73. The fourth-order valence-electron chi connectivity index (χ4n) is 2.86. The Hall–Kier alpha value is -1.03. The van der Waals surface area contributed by atoms with Gasteiger partial charge in [0.25, 0.3) is 0 Å². The van der Waals surface area contributed by atoms with Crippen LogP contribution in [0.4, 0.5) is 0 Å². The van der Waals surface area contributed by atoms with Crippen molar-refractivity contribution in [1.82, 2.24) is 5.32 Å². The molecule has 3 rings (SSSR count). The lowest BCUT2D eigenvalue weighted by atomic mass is 9.96. The van der Waals surface area contributed by atoms with Gasteiger partial charge in [0, 0.05) is 15.9 Å². The van der Waals surface area contributed by atoms with Gasteiger partial charge < -0.3 is 10.1 Å². The first kappa shape index (κ1) is 14.9. The molecule has 0 aliphatic carbocycles. The normalized spacial score (nSPS) is 18.2. The Morgan fingerprint density at radius 1 is 1.29 bits per heavy atom. The maximum atomic E-state index is 6.40. The summed E-state index contributed by atoms with van der Waals surface area (Å²) in [5, 5.41) is 4.11. The van der Waals surface area contributed by atoms with Gasteiger partial charge in [-0.2, -0.15) is 0 Å². The Kier molecular flexibility index (Phi) is 4.25. The first-order valence-corrected chi connectivity index (χ1v) is 8.17. The van der Waals surface area contributed by atoms with Gasteiger partial charge in [-0.15, -0.1) is 0 Å². The van der Waals surface area contributed by atoms with Crippen LogP contribution in [0.1, 0.15) is 29.7 Å². The van der Waals surface area contributed by atoms with Crippen LogP contribution < -0.4 is 10.1 Å². The molecular weight excluding hydrogens is 350 g/mol. The number of ether oxygens (including phenoxy) is 1. The largest absolute Gasteiger partial charge is 0.490 e. The van der Waals surface area contributed by atoms with Crippen molar-refractivity contribution in [3.05, 3.63) is 62.6 Å². The van der Waals surface area contributed by atoms with E-state index in [-0.39, 0.29) is 12.1 Å². The summed E-state index contributed by atoms with van der Waals surface area (Å²) in [4.78, 5) is 0. The monoisotopic (exact) mass is 365 g/mol. The van der Waals surface area contributed by atoms with Gasteiger partial charge in [0.2, 0.25) is 0 Å². The molecule has 0 spiro atoms. The van der Waals surface area contributed by atoms with Gasteiger partial charge in [0.1, 0.15) is 11.9 Å². The van der Waals surface area contributed by atoms with Gasteiger partial charge in [-0.05, 0) is 48.9 Å². The van der Waals surface area contributed by atoms with E-state index in [0.29, 0.717) is 0 Å². The highest BCUT2D eigenvalue weighted by Gasteiger charge is 2.22. The van der Waals surface area contributed by atoms with Gasteiger partial charge in [-0.1, -0.05) is 45.7 Å². The molecule has 1 aliphatic rings. The van der Waals surface area contributed by atoms with Gasteiger partial charge in [-0.3, -0.25) is 0 Å². The van der Waals surface area contributed by atoms with E-state index in [1.54, 1.807) is 0 Å².